The summed E-state index contributed by atoms with van der Waals surface area (Å²) >= 11 is 1.16. The van der Waals surface area contributed by atoms with Crippen molar-refractivity contribution in [3.8, 4) is 0 Å². The number of hydrogen-bond donors (Lipinski definition) is 0. The first-order chi connectivity index (χ1) is 10.7. The Morgan fingerprint density at radius 2 is 1.57 bits per heavy atom. The summed E-state index contributed by atoms with van der Waals surface area (Å²) in [7, 11) is 3.40. The molecule has 1 amide bonds. The molecule has 0 aromatic heterocycles. The fourth-order valence-electron chi connectivity index (χ4n) is 2.92. The molecule has 0 saturated carbocycles. The van der Waals surface area contributed by atoms with E-state index in [-0.39, 0.29) is 5.57 Å². The van der Waals surface area contributed by atoms with E-state index < -0.39 is 40.1 Å². The monoisotopic (exact) mass is 343 g/mol. The lowest BCUT2D eigenvalue weighted by molar-refractivity contribution is -0.198. The summed E-state index contributed by atoms with van der Waals surface area (Å²) in [4.78, 5) is 50.6. The van der Waals surface area contributed by atoms with Gasteiger partial charge in [-0.15, -0.1) is 11.8 Å². The Balaban J connectivity index is 2.62. The number of ether oxygens (including phenoxy) is 3. The lowest BCUT2D eigenvalue weighted by atomic mass is 9.73. The molecule has 2 rings (SSSR count). The summed E-state index contributed by atoms with van der Waals surface area (Å²) in [6, 6.07) is 0. The number of thioether (sulfide) groups is 1. The third-order valence-corrected chi connectivity index (χ3v) is 5.70. The normalized spacial score (nSPS) is 28.0. The number of amides is 1. The molecule has 2 aliphatic heterocycles. The summed E-state index contributed by atoms with van der Waals surface area (Å²) < 4.78 is 14.2. The maximum absolute atomic E-state index is 12.7. The van der Waals surface area contributed by atoms with E-state index in [1.54, 1.807) is 5.41 Å². The molecule has 0 aromatic rings. The number of carbonyl (C=O) groups is 4. The van der Waals surface area contributed by atoms with Crippen LogP contribution in [0, 0.1) is 5.41 Å². The van der Waals surface area contributed by atoms with Crippen molar-refractivity contribution in [2.45, 2.75) is 24.8 Å². The zero-order valence-corrected chi connectivity index (χ0v) is 14.2. The van der Waals surface area contributed by atoms with Crippen molar-refractivity contribution in [3.63, 3.8) is 0 Å². The van der Waals surface area contributed by atoms with Crippen LogP contribution in [0.3, 0.4) is 0 Å². The van der Waals surface area contributed by atoms with Gasteiger partial charge in [0, 0.05) is 0 Å². The van der Waals surface area contributed by atoms with Gasteiger partial charge < -0.3 is 14.2 Å². The van der Waals surface area contributed by atoms with E-state index in [2.05, 4.69) is 0 Å². The van der Waals surface area contributed by atoms with Crippen LogP contribution >= 0.6 is 11.8 Å². The highest BCUT2D eigenvalue weighted by molar-refractivity contribution is 8.03. The Labute approximate surface area is 137 Å². The fourth-order valence-corrected chi connectivity index (χ4v) is 4.27. The Kier molecular flexibility index (Phi) is 4.18. The molecule has 0 spiro atoms. The Bertz CT molecular complexity index is 613. The highest BCUT2D eigenvalue weighted by atomic mass is 32.2. The second-order valence-electron chi connectivity index (χ2n) is 5.35. The SMILES string of the molecule is COC(=O)C1(C(=O)OC)C(C)=CS[C@H]2N1C(=O)[C@@]2(C)C(=O)OC. The van der Waals surface area contributed by atoms with Gasteiger partial charge in [-0.1, -0.05) is 0 Å². The number of fused-ring (bicyclic) bond motifs is 1. The van der Waals surface area contributed by atoms with Gasteiger partial charge in [-0.05, 0) is 24.8 Å². The Morgan fingerprint density at radius 1 is 1.09 bits per heavy atom. The number of carbonyl (C=O) groups excluding carboxylic acids is 4. The molecule has 1 fully saturated rings. The maximum Gasteiger partial charge on any atom is 0.348 e. The molecular weight excluding hydrogens is 326 g/mol. The van der Waals surface area contributed by atoms with Crippen LogP contribution in [0.1, 0.15) is 13.8 Å². The molecule has 0 aliphatic carbocycles. The Hall–Kier alpha value is -2.03. The standard InChI is InChI=1S/C14H17NO7S/c1-7-6-23-9-13(2,10(17)20-3)8(16)15(9)14(7,11(18)21-4)12(19)22-5/h6,9H,1-5H3/t9-,13-/m1/s1. The molecule has 9 heteroatoms. The van der Waals surface area contributed by atoms with Crippen LogP contribution in [-0.2, 0) is 33.4 Å². The van der Waals surface area contributed by atoms with Gasteiger partial charge in [-0.25, -0.2) is 9.59 Å². The summed E-state index contributed by atoms with van der Waals surface area (Å²) in [5.74, 6) is -3.30. The summed E-state index contributed by atoms with van der Waals surface area (Å²) in [6.45, 7) is 2.95. The molecular formula is C14H17NO7S. The average molecular weight is 343 g/mol. The predicted molar refractivity (Wildman–Crippen MR) is 78.9 cm³/mol. The number of rotatable bonds is 3. The molecule has 2 atom stereocenters. The van der Waals surface area contributed by atoms with Crippen molar-refractivity contribution in [2.24, 2.45) is 5.41 Å². The van der Waals surface area contributed by atoms with Crippen LogP contribution in [0.15, 0.2) is 11.0 Å². The largest absolute Gasteiger partial charge is 0.468 e. The molecule has 0 bridgehead atoms. The maximum atomic E-state index is 12.7. The minimum absolute atomic E-state index is 0.290. The van der Waals surface area contributed by atoms with Crippen molar-refractivity contribution in [2.75, 3.05) is 21.3 Å². The minimum Gasteiger partial charge on any atom is -0.468 e. The predicted octanol–water partition coefficient (Wildman–Crippen LogP) is 0.0694. The number of hydrogen-bond acceptors (Lipinski definition) is 8. The topological polar surface area (TPSA) is 99.2 Å². The number of β-lactam (4-membered cyclic amide) rings is 1. The zero-order chi connectivity index (χ0) is 17.6. The third-order valence-electron chi connectivity index (χ3n) is 4.27. The number of nitrogens with zero attached hydrogens (tertiary/aromatic N) is 1. The van der Waals surface area contributed by atoms with E-state index >= 15 is 0 Å². The highest BCUT2D eigenvalue weighted by Gasteiger charge is 2.74. The van der Waals surface area contributed by atoms with Gasteiger partial charge in [-0.3, -0.25) is 14.5 Å². The van der Waals surface area contributed by atoms with Crippen LogP contribution in [-0.4, -0.2) is 61.0 Å². The van der Waals surface area contributed by atoms with E-state index in [0.29, 0.717) is 0 Å². The lowest BCUT2D eigenvalue weighted by Gasteiger charge is -2.58. The molecule has 0 aromatic carbocycles. The van der Waals surface area contributed by atoms with E-state index in [1.165, 1.54) is 21.0 Å². The molecule has 126 valence electrons. The van der Waals surface area contributed by atoms with Crippen LogP contribution in [0.4, 0.5) is 0 Å². The molecule has 8 nitrogen and oxygen atoms in total. The second kappa shape index (κ2) is 5.55. The smallest absolute Gasteiger partial charge is 0.348 e. The van der Waals surface area contributed by atoms with E-state index in [1.807, 2.05) is 0 Å². The van der Waals surface area contributed by atoms with Crippen molar-refractivity contribution < 1.29 is 33.4 Å². The van der Waals surface area contributed by atoms with Crippen molar-refractivity contribution in [3.05, 3.63) is 11.0 Å². The van der Waals surface area contributed by atoms with Crippen LogP contribution < -0.4 is 0 Å². The first-order valence-corrected chi connectivity index (χ1v) is 7.60. The average Bonchev–Trinajstić information content (AvgIpc) is 2.58. The highest BCUT2D eigenvalue weighted by Crippen LogP contribution is 2.55. The summed E-state index contributed by atoms with van der Waals surface area (Å²) in [5, 5.41) is 0.784. The first kappa shape index (κ1) is 17.3. The summed E-state index contributed by atoms with van der Waals surface area (Å²) in [5.41, 5.74) is -3.22. The van der Waals surface area contributed by atoms with Crippen molar-refractivity contribution in [1.82, 2.24) is 4.90 Å². The van der Waals surface area contributed by atoms with E-state index in [9.17, 15) is 19.2 Å². The quantitative estimate of drug-likeness (QED) is 0.307. The van der Waals surface area contributed by atoms with Crippen molar-refractivity contribution >= 4 is 35.6 Å². The van der Waals surface area contributed by atoms with Crippen molar-refractivity contribution in [1.29, 1.82) is 0 Å². The molecule has 0 N–H and O–H groups in total. The van der Waals surface area contributed by atoms with Gasteiger partial charge in [0.05, 0.1) is 21.3 Å². The van der Waals surface area contributed by atoms with Crippen LogP contribution in [0.2, 0.25) is 0 Å². The Morgan fingerprint density at radius 3 is 2.00 bits per heavy atom. The van der Waals surface area contributed by atoms with E-state index in [0.717, 1.165) is 30.9 Å². The minimum atomic E-state index is -2.02. The molecule has 0 radical (unpaired) electrons. The van der Waals surface area contributed by atoms with Crippen LogP contribution in [0.25, 0.3) is 0 Å². The van der Waals surface area contributed by atoms with E-state index in [4.69, 9.17) is 14.2 Å². The first-order valence-electron chi connectivity index (χ1n) is 6.66. The van der Waals surface area contributed by atoms with Gasteiger partial charge in [0.25, 0.3) is 5.54 Å². The summed E-state index contributed by atoms with van der Waals surface area (Å²) in [6.07, 6.45) is 0. The number of methoxy groups -OCH3 is 3. The van der Waals surface area contributed by atoms with Gasteiger partial charge in [0.15, 0.2) is 5.41 Å². The van der Waals surface area contributed by atoms with Gasteiger partial charge >= 0.3 is 17.9 Å². The molecule has 2 heterocycles. The van der Waals surface area contributed by atoms with Gasteiger partial charge in [0.1, 0.15) is 5.37 Å². The number of esters is 3. The fraction of sp³-hybridized carbons (Fsp3) is 0.571. The second-order valence-corrected chi connectivity index (χ2v) is 6.31. The zero-order valence-electron chi connectivity index (χ0n) is 13.4. The van der Waals surface area contributed by atoms with Crippen LogP contribution in [0.5, 0.6) is 0 Å². The molecule has 1 saturated heterocycles. The molecule has 23 heavy (non-hydrogen) atoms. The molecule has 2 aliphatic rings. The molecule has 0 unspecified atom stereocenters. The lowest BCUT2D eigenvalue weighted by Crippen LogP contribution is -2.80. The van der Waals surface area contributed by atoms with Gasteiger partial charge in [0.2, 0.25) is 5.91 Å². The third kappa shape index (κ3) is 1.85. The van der Waals surface area contributed by atoms with Gasteiger partial charge in [-0.2, -0.15) is 0 Å².